The molecule has 0 aliphatic heterocycles. The van der Waals surface area contributed by atoms with Crippen LogP contribution in [0.3, 0.4) is 0 Å². The Morgan fingerprint density at radius 3 is 2.63 bits per heavy atom. The maximum Gasteiger partial charge on any atom is 0.337 e. The van der Waals surface area contributed by atoms with E-state index >= 15 is 0 Å². The Morgan fingerprint density at radius 1 is 1.21 bits per heavy atom. The molecule has 19 heavy (non-hydrogen) atoms. The molecule has 1 amide bonds. The highest BCUT2D eigenvalue weighted by atomic mass is 19.1. The molecule has 0 fully saturated rings. The number of hydrogen-bond acceptors (Lipinski definition) is 3. The Labute approximate surface area is 107 Å². The van der Waals surface area contributed by atoms with Gasteiger partial charge in [-0.05, 0) is 18.2 Å². The first kappa shape index (κ1) is 12.7. The van der Waals surface area contributed by atoms with Gasteiger partial charge in [-0.15, -0.1) is 0 Å². The number of halogens is 1. The Hall–Kier alpha value is -2.76. The molecular formula is C13H9FN2O3. The van der Waals surface area contributed by atoms with Gasteiger partial charge in [0.1, 0.15) is 0 Å². The lowest BCUT2D eigenvalue weighted by Crippen LogP contribution is -2.15. The van der Waals surface area contributed by atoms with Crippen LogP contribution in [0.2, 0.25) is 0 Å². The van der Waals surface area contributed by atoms with E-state index in [1.165, 1.54) is 18.2 Å². The van der Waals surface area contributed by atoms with Crippen LogP contribution in [0.1, 0.15) is 20.7 Å². The van der Waals surface area contributed by atoms with Crippen LogP contribution in [0, 0.1) is 5.95 Å². The Balaban J connectivity index is 2.27. The number of carboxylic acid groups (broad SMARTS) is 1. The van der Waals surface area contributed by atoms with E-state index in [-0.39, 0.29) is 16.8 Å². The van der Waals surface area contributed by atoms with Crippen LogP contribution in [0.25, 0.3) is 0 Å². The summed E-state index contributed by atoms with van der Waals surface area (Å²) < 4.78 is 12.9. The van der Waals surface area contributed by atoms with E-state index < -0.39 is 17.8 Å². The quantitative estimate of drug-likeness (QED) is 0.829. The van der Waals surface area contributed by atoms with Gasteiger partial charge >= 0.3 is 5.97 Å². The van der Waals surface area contributed by atoms with Crippen molar-refractivity contribution in [3.63, 3.8) is 0 Å². The first-order chi connectivity index (χ1) is 9.08. The van der Waals surface area contributed by atoms with E-state index in [1.54, 1.807) is 12.1 Å². The second-order valence-electron chi connectivity index (χ2n) is 3.67. The average molecular weight is 260 g/mol. The van der Waals surface area contributed by atoms with E-state index in [0.717, 1.165) is 12.3 Å². The van der Waals surface area contributed by atoms with Crippen LogP contribution in [0.15, 0.2) is 42.6 Å². The fourth-order valence-electron chi connectivity index (χ4n) is 1.52. The summed E-state index contributed by atoms with van der Waals surface area (Å²) in [4.78, 5) is 26.1. The Bertz CT molecular complexity index is 643. The van der Waals surface area contributed by atoms with Crippen LogP contribution in [0.4, 0.5) is 10.1 Å². The van der Waals surface area contributed by atoms with Crippen LogP contribution in [0.5, 0.6) is 0 Å². The predicted molar refractivity (Wildman–Crippen MR) is 65.5 cm³/mol. The van der Waals surface area contributed by atoms with Gasteiger partial charge in [-0.25, -0.2) is 9.78 Å². The van der Waals surface area contributed by atoms with E-state index in [1.807, 2.05) is 0 Å². The maximum atomic E-state index is 12.9. The molecule has 0 radical (unpaired) electrons. The summed E-state index contributed by atoms with van der Waals surface area (Å²) >= 11 is 0. The molecule has 2 aromatic rings. The summed E-state index contributed by atoms with van der Waals surface area (Å²) in [6.45, 7) is 0. The third kappa shape index (κ3) is 2.92. The summed E-state index contributed by atoms with van der Waals surface area (Å²) in [5.41, 5.74) is 0.176. The molecular weight excluding hydrogens is 251 g/mol. The molecule has 1 aromatic heterocycles. The zero-order valence-electron chi connectivity index (χ0n) is 9.63. The van der Waals surface area contributed by atoms with Crippen molar-refractivity contribution < 1.29 is 19.1 Å². The van der Waals surface area contributed by atoms with Crippen molar-refractivity contribution in [3.05, 3.63) is 59.7 Å². The van der Waals surface area contributed by atoms with Gasteiger partial charge in [-0.1, -0.05) is 12.1 Å². The number of carbonyl (C=O) groups excluding carboxylic acids is 1. The number of aromatic carboxylic acids is 1. The first-order valence-electron chi connectivity index (χ1n) is 5.33. The molecule has 0 atom stereocenters. The summed E-state index contributed by atoms with van der Waals surface area (Å²) in [7, 11) is 0. The lowest BCUT2D eigenvalue weighted by atomic mass is 10.1. The Morgan fingerprint density at radius 2 is 1.95 bits per heavy atom. The Kier molecular flexibility index (Phi) is 3.51. The minimum atomic E-state index is -1.16. The molecule has 1 aromatic carbocycles. The average Bonchev–Trinajstić information content (AvgIpc) is 2.39. The molecule has 0 bridgehead atoms. The van der Waals surface area contributed by atoms with Crippen LogP contribution >= 0.6 is 0 Å². The monoisotopic (exact) mass is 260 g/mol. The molecule has 0 unspecified atom stereocenters. The number of benzene rings is 1. The predicted octanol–water partition coefficient (Wildman–Crippen LogP) is 2.17. The van der Waals surface area contributed by atoms with E-state index in [9.17, 15) is 14.0 Å². The van der Waals surface area contributed by atoms with Crippen LogP contribution in [-0.4, -0.2) is 22.0 Å². The van der Waals surface area contributed by atoms with Gasteiger partial charge in [0.15, 0.2) is 0 Å². The van der Waals surface area contributed by atoms with Crippen molar-refractivity contribution in [3.8, 4) is 0 Å². The highest BCUT2D eigenvalue weighted by Gasteiger charge is 2.13. The minimum Gasteiger partial charge on any atom is -0.478 e. The maximum absolute atomic E-state index is 12.9. The lowest BCUT2D eigenvalue weighted by molar-refractivity contribution is 0.0698. The van der Waals surface area contributed by atoms with Crippen LogP contribution < -0.4 is 5.32 Å². The number of pyridine rings is 1. The van der Waals surface area contributed by atoms with Gasteiger partial charge in [-0.2, -0.15) is 4.39 Å². The van der Waals surface area contributed by atoms with E-state index in [0.29, 0.717) is 0 Å². The largest absolute Gasteiger partial charge is 0.478 e. The summed E-state index contributed by atoms with van der Waals surface area (Å²) in [5.74, 6) is -2.54. The smallest absolute Gasteiger partial charge is 0.337 e. The highest BCUT2D eigenvalue weighted by Crippen LogP contribution is 2.16. The number of hydrogen-bond donors (Lipinski definition) is 2. The molecule has 0 aliphatic carbocycles. The second kappa shape index (κ2) is 5.26. The zero-order valence-corrected chi connectivity index (χ0v) is 9.63. The van der Waals surface area contributed by atoms with E-state index in [4.69, 9.17) is 5.11 Å². The van der Waals surface area contributed by atoms with Gasteiger partial charge in [0.05, 0.1) is 11.3 Å². The van der Waals surface area contributed by atoms with Crippen molar-refractivity contribution in [2.45, 2.75) is 0 Å². The summed E-state index contributed by atoms with van der Waals surface area (Å²) in [5, 5.41) is 11.4. The topological polar surface area (TPSA) is 79.3 Å². The molecule has 2 N–H and O–H groups in total. The minimum absolute atomic E-state index is 0.0367. The first-order valence-corrected chi connectivity index (χ1v) is 5.33. The number of rotatable bonds is 3. The molecule has 0 saturated carbocycles. The summed E-state index contributed by atoms with van der Waals surface area (Å²) in [6.07, 6.45) is 1.16. The normalized spacial score (nSPS) is 9.95. The molecule has 0 aliphatic rings. The molecule has 0 saturated heterocycles. The number of nitrogens with one attached hydrogen (secondary N) is 1. The van der Waals surface area contributed by atoms with Crippen molar-refractivity contribution in [2.75, 3.05) is 5.32 Å². The van der Waals surface area contributed by atoms with Gasteiger partial charge in [0, 0.05) is 17.8 Å². The van der Waals surface area contributed by atoms with Gasteiger partial charge in [-0.3, -0.25) is 4.79 Å². The highest BCUT2D eigenvalue weighted by molar-refractivity contribution is 6.07. The number of carbonyl (C=O) groups is 2. The van der Waals surface area contributed by atoms with Gasteiger partial charge < -0.3 is 10.4 Å². The standard InChI is InChI=1S/C13H9FN2O3/c14-11-7-8(5-6-15-11)12(17)16-10-4-2-1-3-9(10)13(18)19/h1-7H,(H,16,17)(H,18,19). The summed E-state index contributed by atoms with van der Waals surface area (Å²) in [6, 6.07) is 8.27. The fraction of sp³-hybridized carbons (Fsp3) is 0. The van der Waals surface area contributed by atoms with Gasteiger partial charge in [0.2, 0.25) is 5.95 Å². The molecule has 1 heterocycles. The molecule has 96 valence electrons. The second-order valence-corrected chi connectivity index (χ2v) is 3.67. The molecule has 2 rings (SSSR count). The van der Waals surface area contributed by atoms with Crippen molar-refractivity contribution >= 4 is 17.6 Å². The van der Waals surface area contributed by atoms with Crippen molar-refractivity contribution in [2.24, 2.45) is 0 Å². The van der Waals surface area contributed by atoms with Crippen molar-refractivity contribution in [1.82, 2.24) is 4.98 Å². The number of anilines is 1. The number of para-hydroxylation sites is 1. The van der Waals surface area contributed by atoms with E-state index in [2.05, 4.69) is 10.3 Å². The number of carboxylic acids is 1. The third-order valence-electron chi connectivity index (χ3n) is 2.39. The zero-order chi connectivity index (χ0) is 13.8. The SMILES string of the molecule is O=C(Nc1ccccc1C(=O)O)c1ccnc(F)c1. The lowest BCUT2D eigenvalue weighted by Gasteiger charge is -2.08. The van der Waals surface area contributed by atoms with Crippen LogP contribution in [-0.2, 0) is 0 Å². The van der Waals surface area contributed by atoms with Crippen molar-refractivity contribution in [1.29, 1.82) is 0 Å². The third-order valence-corrected chi connectivity index (χ3v) is 2.39. The fourth-order valence-corrected chi connectivity index (χ4v) is 1.52. The number of nitrogens with zero attached hydrogens (tertiary/aromatic N) is 1. The molecule has 6 heteroatoms. The molecule has 5 nitrogen and oxygen atoms in total. The number of aromatic nitrogens is 1. The number of amides is 1. The molecule has 0 spiro atoms. The van der Waals surface area contributed by atoms with Gasteiger partial charge in [0.25, 0.3) is 5.91 Å².